The molecule has 128 valence electrons. The van der Waals surface area contributed by atoms with Gasteiger partial charge in [0.2, 0.25) is 10.5 Å². The lowest BCUT2D eigenvalue weighted by molar-refractivity contribution is -0.670. The van der Waals surface area contributed by atoms with E-state index in [0.29, 0.717) is 0 Å². The lowest BCUT2D eigenvalue weighted by Gasteiger charge is -2.17. The molecule has 0 radical (unpaired) electrons. The number of hydrogen-bond acceptors (Lipinski definition) is 3. The number of rotatable bonds is 5. The number of aryl methyl sites for hydroxylation is 2. The number of thioether (sulfide) groups is 1. The number of aromatic nitrogens is 1. The van der Waals surface area contributed by atoms with Crippen molar-refractivity contribution in [3.63, 3.8) is 0 Å². The highest BCUT2D eigenvalue weighted by Gasteiger charge is 2.23. The molecule has 1 aromatic heterocycles. The SMILES string of the molecule is CCN1/C(=C/CCc2sc3ccccc3[n+]2CC)Sc2ccccc21. The molecule has 0 saturated carbocycles. The molecule has 0 amide bonds. The Balaban J connectivity index is 1.54. The average Bonchev–Trinajstić information content (AvgIpc) is 3.18. The highest BCUT2D eigenvalue weighted by Crippen LogP contribution is 2.45. The summed E-state index contributed by atoms with van der Waals surface area (Å²) in [6, 6.07) is 17.4. The zero-order valence-corrected chi connectivity index (χ0v) is 16.4. The van der Waals surface area contributed by atoms with Crippen molar-refractivity contribution in [3.05, 3.63) is 64.6 Å². The van der Waals surface area contributed by atoms with Crippen molar-refractivity contribution in [1.82, 2.24) is 0 Å². The summed E-state index contributed by atoms with van der Waals surface area (Å²) >= 11 is 3.84. The minimum absolute atomic E-state index is 1.02. The van der Waals surface area contributed by atoms with Gasteiger partial charge in [0.1, 0.15) is 11.2 Å². The molecule has 2 nitrogen and oxygen atoms in total. The number of para-hydroxylation sites is 2. The van der Waals surface area contributed by atoms with E-state index >= 15 is 0 Å². The fourth-order valence-corrected chi connectivity index (χ4v) is 5.90. The second-order valence-electron chi connectivity index (χ2n) is 6.10. The maximum absolute atomic E-state index is 2.46. The Morgan fingerprint density at radius 3 is 2.68 bits per heavy atom. The van der Waals surface area contributed by atoms with Crippen LogP contribution in [0.25, 0.3) is 10.2 Å². The van der Waals surface area contributed by atoms with Crippen LogP contribution in [0.4, 0.5) is 5.69 Å². The molecule has 0 saturated heterocycles. The number of fused-ring (bicyclic) bond motifs is 2. The quantitative estimate of drug-likeness (QED) is 0.541. The first-order chi connectivity index (χ1) is 12.3. The average molecular weight is 368 g/mol. The van der Waals surface area contributed by atoms with E-state index in [2.05, 4.69) is 77.9 Å². The van der Waals surface area contributed by atoms with Crippen molar-refractivity contribution in [2.24, 2.45) is 0 Å². The van der Waals surface area contributed by atoms with Gasteiger partial charge < -0.3 is 4.90 Å². The van der Waals surface area contributed by atoms with Gasteiger partial charge in [0.15, 0.2) is 0 Å². The summed E-state index contributed by atoms with van der Waals surface area (Å²) < 4.78 is 3.86. The first kappa shape index (κ1) is 16.7. The molecule has 0 N–H and O–H groups in total. The molecule has 0 atom stereocenters. The molecule has 0 fully saturated rings. The van der Waals surface area contributed by atoms with Crippen LogP contribution in [0.1, 0.15) is 25.3 Å². The van der Waals surface area contributed by atoms with Crippen LogP contribution in [-0.4, -0.2) is 6.54 Å². The van der Waals surface area contributed by atoms with Crippen LogP contribution in [-0.2, 0) is 13.0 Å². The molecular weight excluding hydrogens is 344 g/mol. The van der Waals surface area contributed by atoms with Crippen LogP contribution in [0.3, 0.4) is 0 Å². The van der Waals surface area contributed by atoms with Crippen LogP contribution < -0.4 is 9.47 Å². The number of thiazole rings is 1. The third-order valence-corrected chi connectivity index (χ3v) is 7.02. The maximum atomic E-state index is 2.46. The van der Waals surface area contributed by atoms with E-state index in [9.17, 15) is 0 Å². The number of benzene rings is 2. The standard InChI is InChI=1S/C21H23N2S2/c1-3-22-16-10-5-7-12-18(16)24-20(22)14-9-15-21-23(4-2)17-11-6-8-13-19(17)25-21/h5-8,10-14H,3-4,9,15H2,1-2H3/q+1/b20-14-. The van der Waals surface area contributed by atoms with E-state index in [-0.39, 0.29) is 0 Å². The van der Waals surface area contributed by atoms with Gasteiger partial charge in [0.25, 0.3) is 0 Å². The Bertz CT molecular complexity index is 927. The summed E-state index contributed by atoms with van der Waals surface area (Å²) in [6.07, 6.45) is 4.60. The minimum Gasteiger partial charge on any atom is -0.336 e. The highest BCUT2D eigenvalue weighted by molar-refractivity contribution is 8.03. The van der Waals surface area contributed by atoms with Crippen LogP contribution in [0, 0.1) is 0 Å². The zero-order chi connectivity index (χ0) is 17.2. The molecule has 1 aliphatic rings. The number of nitrogens with zero attached hydrogens (tertiary/aromatic N) is 2. The van der Waals surface area contributed by atoms with Crippen LogP contribution >= 0.6 is 23.1 Å². The number of anilines is 1. The van der Waals surface area contributed by atoms with Gasteiger partial charge in [-0.25, -0.2) is 0 Å². The first-order valence-corrected chi connectivity index (χ1v) is 10.6. The number of hydrogen-bond donors (Lipinski definition) is 0. The molecule has 1 aliphatic heterocycles. The lowest BCUT2D eigenvalue weighted by Crippen LogP contribution is -2.34. The van der Waals surface area contributed by atoms with E-state index in [0.717, 1.165) is 25.9 Å². The predicted molar refractivity (Wildman–Crippen MR) is 109 cm³/mol. The Labute approximate surface area is 157 Å². The van der Waals surface area contributed by atoms with E-state index in [4.69, 9.17) is 0 Å². The predicted octanol–water partition coefficient (Wildman–Crippen LogP) is 5.61. The molecule has 4 heteroatoms. The van der Waals surface area contributed by atoms with Gasteiger partial charge >= 0.3 is 0 Å². The molecular formula is C21H23N2S2+. The smallest absolute Gasteiger partial charge is 0.238 e. The topological polar surface area (TPSA) is 7.12 Å². The molecule has 4 rings (SSSR count). The van der Waals surface area contributed by atoms with Gasteiger partial charge in [0, 0.05) is 23.9 Å². The molecule has 0 spiro atoms. The Kier molecular flexibility index (Phi) is 4.82. The van der Waals surface area contributed by atoms with E-state index in [1.807, 2.05) is 23.1 Å². The summed E-state index contributed by atoms with van der Waals surface area (Å²) in [5, 5.41) is 2.86. The van der Waals surface area contributed by atoms with Crippen molar-refractivity contribution in [2.45, 2.75) is 38.1 Å². The fourth-order valence-electron chi connectivity index (χ4n) is 3.47. The summed E-state index contributed by atoms with van der Waals surface area (Å²) in [4.78, 5) is 3.81. The largest absolute Gasteiger partial charge is 0.336 e. The third kappa shape index (κ3) is 3.09. The molecule has 0 aliphatic carbocycles. The lowest BCUT2D eigenvalue weighted by atomic mass is 10.2. The minimum atomic E-state index is 1.02. The Morgan fingerprint density at radius 1 is 1.04 bits per heavy atom. The van der Waals surface area contributed by atoms with Crippen LogP contribution in [0.5, 0.6) is 0 Å². The molecule has 2 heterocycles. The van der Waals surface area contributed by atoms with Crippen molar-refractivity contribution in [3.8, 4) is 0 Å². The molecule has 2 aromatic carbocycles. The summed E-state index contributed by atoms with van der Waals surface area (Å²) in [5.41, 5.74) is 2.72. The van der Waals surface area contributed by atoms with Gasteiger partial charge in [-0.15, -0.1) is 0 Å². The Hall–Kier alpha value is -1.78. The normalized spacial score (nSPS) is 15.3. The molecule has 3 aromatic rings. The van der Waals surface area contributed by atoms with E-state index in [1.54, 1.807) is 0 Å². The fraction of sp³-hybridized carbons (Fsp3) is 0.286. The first-order valence-electron chi connectivity index (χ1n) is 8.96. The van der Waals surface area contributed by atoms with Crippen molar-refractivity contribution < 1.29 is 4.57 Å². The molecule has 25 heavy (non-hydrogen) atoms. The Morgan fingerprint density at radius 2 is 1.84 bits per heavy atom. The van der Waals surface area contributed by atoms with Crippen LogP contribution in [0.15, 0.2) is 64.5 Å². The van der Waals surface area contributed by atoms with Gasteiger partial charge in [0.05, 0.1) is 10.7 Å². The van der Waals surface area contributed by atoms with Crippen molar-refractivity contribution in [1.29, 1.82) is 0 Å². The summed E-state index contributed by atoms with van der Waals surface area (Å²) in [7, 11) is 0. The van der Waals surface area contributed by atoms with Crippen LogP contribution in [0.2, 0.25) is 0 Å². The summed E-state index contributed by atoms with van der Waals surface area (Å²) in [6.45, 7) is 6.53. The van der Waals surface area contributed by atoms with E-state index < -0.39 is 0 Å². The zero-order valence-electron chi connectivity index (χ0n) is 14.7. The second-order valence-corrected chi connectivity index (χ2v) is 8.28. The molecule has 0 unspecified atom stereocenters. The monoisotopic (exact) mass is 367 g/mol. The second kappa shape index (κ2) is 7.22. The van der Waals surface area contributed by atoms with Crippen molar-refractivity contribution >= 4 is 39.0 Å². The number of allylic oxidation sites excluding steroid dienone is 1. The van der Waals surface area contributed by atoms with Gasteiger partial charge in [-0.2, -0.15) is 4.57 Å². The highest BCUT2D eigenvalue weighted by atomic mass is 32.2. The molecule has 0 bridgehead atoms. The van der Waals surface area contributed by atoms with Crippen molar-refractivity contribution in [2.75, 3.05) is 11.4 Å². The van der Waals surface area contributed by atoms with Gasteiger partial charge in [-0.05, 0) is 38.5 Å². The van der Waals surface area contributed by atoms with Gasteiger partial charge in [-0.1, -0.05) is 53.4 Å². The van der Waals surface area contributed by atoms with E-state index in [1.165, 1.54) is 30.8 Å². The van der Waals surface area contributed by atoms with Gasteiger partial charge in [-0.3, -0.25) is 0 Å². The maximum Gasteiger partial charge on any atom is 0.238 e. The summed E-state index contributed by atoms with van der Waals surface area (Å²) in [5.74, 6) is 0. The third-order valence-electron chi connectivity index (χ3n) is 4.63.